The number of hydrogen-bond donors (Lipinski definition) is 1. The summed E-state index contributed by atoms with van der Waals surface area (Å²) in [7, 11) is 0. The molecule has 1 fully saturated rings. The Bertz CT molecular complexity index is 888. The Kier molecular flexibility index (Phi) is 5.66. The van der Waals surface area contributed by atoms with Gasteiger partial charge in [0, 0.05) is 19.3 Å². The van der Waals surface area contributed by atoms with Crippen LogP contribution in [-0.2, 0) is 13.0 Å². The van der Waals surface area contributed by atoms with Crippen LogP contribution in [0.5, 0.6) is 0 Å². The number of hydrogen-bond acceptors (Lipinski definition) is 5. The van der Waals surface area contributed by atoms with E-state index in [2.05, 4.69) is 50.5 Å². The monoisotopic (exact) mass is 376 g/mol. The molecule has 0 bridgehead atoms. The van der Waals surface area contributed by atoms with E-state index in [1.807, 2.05) is 6.07 Å². The first-order valence-corrected chi connectivity index (χ1v) is 9.70. The molecule has 0 aliphatic carbocycles. The van der Waals surface area contributed by atoms with Crippen LogP contribution in [0.4, 0.5) is 5.95 Å². The number of anilines is 1. The topological polar surface area (TPSA) is 71.3 Å². The van der Waals surface area contributed by atoms with Crippen LogP contribution in [0.1, 0.15) is 34.7 Å². The van der Waals surface area contributed by atoms with E-state index in [0.717, 1.165) is 32.4 Å². The van der Waals surface area contributed by atoms with Gasteiger partial charge in [-0.3, -0.25) is 4.79 Å². The summed E-state index contributed by atoms with van der Waals surface area (Å²) in [6, 6.07) is 15.9. The summed E-state index contributed by atoms with van der Waals surface area (Å²) >= 11 is 0. The van der Waals surface area contributed by atoms with Crippen LogP contribution in [-0.4, -0.2) is 29.0 Å². The van der Waals surface area contributed by atoms with Crippen molar-refractivity contribution >= 4 is 11.9 Å². The zero-order valence-electron chi connectivity index (χ0n) is 15.8. The van der Waals surface area contributed by atoms with Crippen molar-refractivity contribution in [2.45, 2.75) is 25.8 Å². The van der Waals surface area contributed by atoms with Gasteiger partial charge in [0.15, 0.2) is 0 Å². The third-order valence-electron chi connectivity index (χ3n) is 5.14. The van der Waals surface area contributed by atoms with Gasteiger partial charge in [-0.2, -0.15) is 0 Å². The Morgan fingerprint density at radius 3 is 2.68 bits per heavy atom. The van der Waals surface area contributed by atoms with Gasteiger partial charge >= 0.3 is 0 Å². The predicted molar refractivity (Wildman–Crippen MR) is 107 cm³/mol. The molecule has 144 valence electrons. The first-order valence-electron chi connectivity index (χ1n) is 9.70. The molecule has 0 atom stereocenters. The maximum Gasteiger partial charge on any atom is 0.270 e. The molecule has 1 saturated heterocycles. The number of aromatic nitrogens is 2. The second-order valence-electron chi connectivity index (χ2n) is 7.12. The Hall–Kier alpha value is -3.15. The molecule has 4 rings (SSSR count). The molecular weight excluding hydrogens is 352 g/mol. The number of nitrogens with zero attached hydrogens (tertiary/aromatic N) is 3. The van der Waals surface area contributed by atoms with E-state index in [9.17, 15) is 4.79 Å². The molecule has 0 radical (unpaired) electrons. The standard InChI is InChI=1S/C22H24N4O2/c27-21(24-16-19-7-4-14-28-19)20-8-11-23-22(25-20)26-12-9-18(10-13-26)15-17-5-2-1-3-6-17/h1-8,11,14,18H,9-10,12-13,15-16H2,(H,24,27). The zero-order valence-corrected chi connectivity index (χ0v) is 15.8. The fourth-order valence-electron chi connectivity index (χ4n) is 3.58. The molecule has 6 nitrogen and oxygen atoms in total. The molecule has 6 heteroatoms. The van der Waals surface area contributed by atoms with E-state index in [4.69, 9.17) is 4.42 Å². The van der Waals surface area contributed by atoms with E-state index in [0.29, 0.717) is 29.9 Å². The lowest BCUT2D eigenvalue weighted by Gasteiger charge is -2.32. The quantitative estimate of drug-likeness (QED) is 0.713. The van der Waals surface area contributed by atoms with Gasteiger partial charge in [0.1, 0.15) is 11.5 Å². The SMILES string of the molecule is O=C(NCc1ccco1)c1ccnc(N2CCC(Cc3ccccc3)CC2)n1. The maximum absolute atomic E-state index is 12.4. The average Bonchev–Trinajstić information content (AvgIpc) is 3.27. The van der Waals surface area contributed by atoms with Crippen molar-refractivity contribution < 1.29 is 9.21 Å². The third-order valence-corrected chi connectivity index (χ3v) is 5.14. The summed E-state index contributed by atoms with van der Waals surface area (Å²) in [4.78, 5) is 23.4. The van der Waals surface area contributed by atoms with E-state index < -0.39 is 0 Å². The van der Waals surface area contributed by atoms with Crippen LogP contribution >= 0.6 is 0 Å². The van der Waals surface area contributed by atoms with Gasteiger partial charge in [-0.1, -0.05) is 30.3 Å². The third kappa shape index (κ3) is 4.57. The number of piperidine rings is 1. The Morgan fingerprint density at radius 1 is 1.11 bits per heavy atom. The number of nitrogens with one attached hydrogen (secondary N) is 1. The molecule has 1 aliphatic heterocycles. The van der Waals surface area contributed by atoms with Crippen LogP contribution in [0.15, 0.2) is 65.4 Å². The molecule has 0 unspecified atom stereocenters. The van der Waals surface area contributed by atoms with E-state index in [1.54, 1.807) is 24.6 Å². The first-order chi connectivity index (χ1) is 13.8. The van der Waals surface area contributed by atoms with Gasteiger partial charge in [0.05, 0.1) is 12.8 Å². The van der Waals surface area contributed by atoms with Crippen LogP contribution in [0.2, 0.25) is 0 Å². The van der Waals surface area contributed by atoms with E-state index >= 15 is 0 Å². The van der Waals surface area contributed by atoms with Crippen molar-refractivity contribution in [3.63, 3.8) is 0 Å². The van der Waals surface area contributed by atoms with Gasteiger partial charge < -0.3 is 14.6 Å². The summed E-state index contributed by atoms with van der Waals surface area (Å²) in [5.74, 6) is 1.80. The lowest BCUT2D eigenvalue weighted by molar-refractivity contribution is 0.0943. The number of benzene rings is 1. The van der Waals surface area contributed by atoms with Crippen LogP contribution in [0.3, 0.4) is 0 Å². The average molecular weight is 376 g/mol. The molecular formula is C22H24N4O2. The first kappa shape index (κ1) is 18.2. The minimum Gasteiger partial charge on any atom is -0.467 e. The van der Waals surface area contributed by atoms with Crippen molar-refractivity contribution in [3.05, 3.63) is 78.0 Å². The second kappa shape index (κ2) is 8.69. The lowest BCUT2D eigenvalue weighted by atomic mass is 9.90. The highest BCUT2D eigenvalue weighted by molar-refractivity contribution is 5.92. The molecule has 2 aromatic heterocycles. The highest BCUT2D eigenvalue weighted by Gasteiger charge is 2.22. The van der Waals surface area contributed by atoms with E-state index in [1.165, 1.54) is 5.56 Å². The van der Waals surface area contributed by atoms with E-state index in [-0.39, 0.29) is 5.91 Å². The minimum atomic E-state index is -0.223. The van der Waals surface area contributed by atoms with Gasteiger partial charge in [0.25, 0.3) is 5.91 Å². The summed E-state index contributed by atoms with van der Waals surface area (Å²) < 4.78 is 5.24. The molecule has 0 spiro atoms. The van der Waals surface area contributed by atoms with Gasteiger partial charge in [-0.05, 0) is 48.9 Å². The fraction of sp³-hybridized carbons (Fsp3) is 0.318. The smallest absolute Gasteiger partial charge is 0.270 e. The summed E-state index contributed by atoms with van der Waals surface area (Å²) in [5, 5.41) is 2.82. The molecule has 3 heterocycles. The number of furan rings is 1. The minimum absolute atomic E-state index is 0.223. The van der Waals surface area contributed by atoms with Crippen LogP contribution in [0.25, 0.3) is 0 Å². The zero-order chi connectivity index (χ0) is 19.2. The van der Waals surface area contributed by atoms with Crippen molar-refractivity contribution in [3.8, 4) is 0 Å². The molecule has 1 amide bonds. The highest BCUT2D eigenvalue weighted by atomic mass is 16.3. The summed E-state index contributed by atoms with van der Waals surface area (Å²) in [5.41, 5.74) is 1.77. The lowest BCUT2D eigenvalue weighted by Crippen LogP contribution is -2.36. The molecule has 1 aliphatic rings. The Morgan fingerprint density at radius 2 is 1.93 bits per heavy atom. The van der Waals surface area contributed by atoms with Crippen LogP contribution in [0, 0.1) is 5.92 Å². The molecule has 0 saturated carbocycles. The number of carbonyl (C=O) groups is 1. The van der Waals surface area contributed by atoms with Gasteiger partial charge in [-0.25, -0.2) is 9.97 Å². The number of rotatable bonds is 6. The van der Waals surface area contributed by atoms with Crippen LogP contribution < -0.4 is 10.2 Å². The van der Waals surface area contributed by atoms with Crippen molar-refractivity contribution in [1.29, 1.82) is 0 Å². The fourth-order valence-corrected chi connectivity index (χ4v) is 3.58. The predicted octanol–water partition coefficient (Wildman–Crippen LogP) is 3.46. The van der Waals surface area contributed by atoms with Gasteiger partial charge in [0.2, 0.25) is 5.95 Å². The summed E-state index contributed by atoms with van der Waals surface area (Å²) in [6.45, 7) is 2.17. The Balaban J connectivity index is 1.32. The molecule has 1 N–H and O–H groups in total. The normalized spacial score (nSPS) is 14.8. The van der Waals surface area contributed by atoms with Crippen molar-refractivity contribution in [1.82, 2.24) is 15.3 Å². The molecule has 28 heavy (non-hydrogen) atoms. The molecule has 3 aromatic rings. The van der Waals surface area contributed by atoms with Gasteiger partial charge in [-0.15, -0.1) is 0 Å². The van der Waals surface area contributed by atoms with Crippen molar-refractivity contribution in [2.24, 2.45) is 5.92 Å². The maximum atomic E-state index is 12.4. The van der Waals surface area contributed by atoms with Crippen molar-refractivity contribution in [2.75, 3.05) is 18.0 Å². The summed E-state index contributed by atoms with van der Waals surface area (Å²) in [6.07, 6.45) is 6.57. The number of amides is 1. The second-order valence-corrected chi connectivity index (χ2v) is 7.12. The highest BCUT2D eigenvalue weighted by Crippen LogP contribution is 2.24. The number of carbonyl (C=O) groups excluding carboxylic acids is 1. The molecule has 1 aromatic carbocycles. The largest absolute Gasteiger partial charge is 0.467 e. The Labute approximate surface area is 164 Å².